The zero-order chi connectivity index (χ0) is 25.9. The molecule has 4 aromatic rings. The summed E-state index contributed by atoms with van der Waals surface area (Å²) >= 11 is 0. The summed E-state index contributed by atoms with van der Waals surface area (Å²) in [5.41, 5.74) is 3.39. The van der Waals surface area contributed by atoms with Gasteiger partial charge in [-0.3, -0.25) is 9.59 Å². The lowest BCUT2D eigenvalue weighted by molar-refractivity contribution is -0.129. The number of hydrogen-bond acceptors (Lipinski definition) is 5. The second kappa shape index (κ2) is 10.1. The van der Waals surface area contributed by atoms with Gasteiger partial charge in [-0.05, 0) is 59.5 Å². The van der Waals surface area contributed by atoms with Gasteiger partial charge >= 0.3 is 0 Å². The first-order chi connectivity index (χ1) is 18.0. The highest BCUT2D eigenvalue weighted by atomic mass is 16.5. The van der Waals surface area contributed by atoms with Gasteiger partial charge in [0.1, 0.15) is 11.5 Å². The van der Waals surface area contributed by atoms with Gasteiger partial charge in [0.25, 0.3) is 5.91 Å². The summed E-state index contributed by atoms with van der Waals surface area (Å²) in [6.45, 7) is 0.262. The van der Waals surface area contributed by atoms with Crippen LogP contribution >= 0.6 is 0 Å². The minimum atomic E-state index is -0.791. The number of hydrogen-bond donors (Lipinski definition) is 3. The van der Waals surface area contributed by atoms with E-state index in [-0.39, 0.29) is 17.9 Å². The van der Waals surface area contributed by atoms with Crippen molar-refractivity contribution in [2.45, 2.75) is 12.5 Å². The largest absolute Gasteiger partial charge is 0.508 e. The fourth-order valence-electron chi connectivity index (χ4n) is 4.70. The molecule has 1 aromatic heterocycles. The van der Waals surface area contributed by atoms with E-state index in [9.17, 15) is 19.8 Å². The summed E-state index contributed by atoms with van der Waals surface area (Å²) in [7, 11) is 1.61. The Morgan fingerprint density at radius 2 is 1.81 bits per heavy atom. The molecule has 0 saturated heterocycles. The maximum Gasteiger partial charge on any atom is 0.290 e. The van der Waals surface area contributed by atoms with Crippen LogP contribution in [-0.4, -0.2) is 45.4 Å². The standard InChI is InChI=1S/C30H26N2O5/c1-37-23-12-13-25-24(17-23)21(18-31-25)15-16-32-28(20-8-10-22(33)11-9-20)27(29(35)30(32)36)26(34)14-7-19-5-3-2-4-6-19/h2-14,17-18,28,31,33,35H,15-16H2,1H3/b14-7+. The van der Waals surface area contributed by atoms with Gasteiger partial charge in [0.2, 0.25) is 0 Å². The van der Waals surface area contributed by atoms with Crippen LogP contribution in [0.5, 0.6) is 11.5 Å². The van der Waals surface area contributed by atoms with Gasteiger partial charge in [0, 0.05) is 23.6 Å². The molecule has 1 atom stereocenters. The molecule has 0 saturated carbocycles. The number of ether oxygens (including phenoxy) is 1. The van der Waals surface area contributed by atoms with E-state index in [1.807, 2.05) is 54.7 Å². The number of carbonyl (C=O) groups is 2. The van der Waals surface area contributed by atoms with Gasteiger partial charge in [0.05, 0.1) is 18.7 Å². The smallest absolute Gasteiger partial charge is 0.290 e. The SMILES string of the molecule is COc1ccc2[nH]cc(CCN3C(=O)C(O)=C(C(=O)/C=C/c4ccccc4)C3c3ccc(O)cc3)c2c1. The molecule has 7 heteroatoms. The second-order valence-electron chi connectivity index (χ2n) is 8.84. The van der Waals surface area contributed by atoms with Gasteiger partial charge in [-0.1, -0.05) is 48.5 Å². The van der Waals surface area contributed by atoms with Crippen molar-refractivity contribution >= 4 is 28.7 Å². The molecule has 1 aliphatic heterocycles. The van der Waals surface area contributed by atoms with Crippen molar-refractivity contribution in [1.29, 1.82) is 0 Å². The maximum absolute atomic E-state index is 13.3. The van der Waals surface area contributed by atoms with Crippen molar-refractivity contribution in [2.75, 3.05) is 13.7 Å². The number of aliphatic hydroxyl groups excluding tert-OH is 1. The maximum atomic E-state index is 13.3. The van der Waals surface area contributed by atoms with Gasteiger partial charge in [-0.25, -0.2) is 0 Å². The number of nitrogens with one attached hydrogen (secondary N) is 1. The normalized spacial score (nSPS) is 15.8. The van der Waals surface area contributed by atoms with Crippen molar-refractivity contribution in [1.82, 2.24) is 9.88 Å². The molecule has 0 bridgehead atoms. The van der Waals surface area contributed by atoms with Crippen LogP contribution in [0, 0.1) is 0 Å². The number of nitrogens with zero attached hydrogens (tertiary/aromatic N) is 1. The van der Waals surface area contributed by atoms with Crippen LogP contribution in [0.2, 0.25) is 0 Å². The van der Waals surface area contributed by atoms with E-state index in [0.717, 1.165) is 27.8 Å². The molecule has 0 spiro atoms. The molecular formula is C30H26N2O5. The van der Waals surface area contributed by atoms with Crippen LogP contribution in [-0.2, 0) is 16.0 Å². The topological polar surface area (TPSA) is 103 Å². The Labute approximate surface area is 213 Å². The number of aliphatic hydroxyl groups is 1. The second-order valence-corrected chi connectivity index (χ2v) is 8.84. The number of carbonyl (C=O) groups excluding carboxylic acids is 2. The monoisotopic (exact) mass is 494 g/mol. The highest BCUT2D eigenvalue weighted by molar-refractivity contribution is 6.14. The first-order valence-electron chi connectivity index (χ1n) is 11.9. The zero-order valence-electron chi connectivity index (χ0n) is 20.2. The van der Waals surface area contributed by atoms with Crippen molar-refractivity contribution in [3.63, 3.8) is 0 Å². The molecule has 37 heavy (non-hydrogen) atoms. The summed E-state index contributed by atoms with van der Waals surface area (Å²) in [6.07, 6.45) is 5.41. The Balaban J connectivity index is 1.46. The lowest BCUT2D eigenvalue weighted by atomic mass is 9.95. The minimum absolute atomic E-state index is 0.0171. The Hall–Kier alpha value is -4.78. The summed E-state index contributed by atoms with van der Waals surface area (Å²) < 4.78 is 5.35. The first-order valence-corrected chi connectivity index (χ1v) is 11.9. The number of amides is 1. The number of allylic oxidation sites excluding steroid dienone is 1. The number of phenols is 1. The van der Waals surface area contributed by atoms with Crippen molar-refractivity contribution in [3.8, 4) is 11.5 Å². The van der Waals surface area contributed by atoms with E-state index < -0.39 is 23.5 Å². The molecule has 1 amide bonds. The molecule has 5 rings (SSSR count). The Morgan fingerprint density at radius 3 is 2.54 bits per heavy atom. The molecule has 3 aromatic carbocycles. The lowest BCUT2D eigenvalue weighted by Gasteiger charge is -2.26. The molecule has 1 unspecified atom stereocenters. The molecule has 2 heterocycles. The van der Waals surface area contributed by atoms with Crippen LogP contribution in [0.1, 0.15) is 22.7 Å². The minimum Gasteiger partial charge on any atom is -0.508 e. The van der Waals surface area contributed by atoms with E-state index >= 15 is 0 Å². The summed E-state index contributed by atoms with van der Waals surface area (Å²) in [5.74, 6) is -0.817. The summed E-state index contributed by atoms with van der Waals surface area (Å²) in [4.78, 5) is 31.3. The van der Waals surface area contributed by atoms with Crippen molar-refractivity contribution in [3.05, 3.63) is 113 Å². The third-order valence-electron chi connectivity index (χ3n) is 6.60. The highest BCUT2D eigenvalue weighted by Gasteiger charge is 2.42. The van der Waals surface area contributed by atoms with Gasteiger partial charge in [-0.2, -0.15) is 0 Å². The quantitative estimate of drug-likeness (QED) is 0.296. The van der Waals surface area contributed by atoms with Crippen LogP contribution in [0.25, 0.3) is 17.0 Å². The van der Waals surface area contributed by atoms with E-state index in [0.29, 0.717) is 12.0 Å². The lowest BCUT2D eigenvalue weighted by Crippen LogP contribution is -2.32. The Kier molecular flexibility index (Phi) is 6.51. The van der Waals surface area contributed by atoms with Gasteiger partial charge in [0.15, 0.2) is 11.5 Å². The molecule has 0 radical (unpaired) electrons. The fraction of sp³-hybridized carbons (Fsp3) is 0.133. The first kappa shape index (κ1) is 23.9. The van der Waals surface area contributed by atoms with E-state index in [1.54, 1.807) is 25.3 Å². The van der Waals surface area contributed by atoms with E-state index in [2.05, 4.69) is 4.98 Å². The predicted molar refractivity (Wildman–Crippen MR) is 141 cm³/mol. The van der Waals surface area contributed by atoms with Gasteiger partial charge in [-0.15, -0.1) is 0 Å². The average Bonchev–Trinajstić information content (AvgIpc) is 3.44. The number of rotatable bonds is 8. The summed E-state index contributed by atoms with van der Waals surface area (Å²) in [5, 5.41) is 21.6. The summed E-state index contributed by atoms with van der Waals surface area (Å²) in [6, 6.07) is 20.6. The van der Waals surface area contributed by atoms with Crippen molar-refractivity contribution in [2.24, 2.45) is 0 Å². The molecule has 3 N–H and O–H groups in total. The molecule has 7 nitrogen and oxygen atoms in total. The van der Waals surface area contributed by atoms with Crippen molar-refractivity contribution < 1.29 is 24.5 Å². The van der Waals surface area contributed by atoms with Crippen LogP contribution in [0.3, 0.4) is 0 Å². The molecule has 1 aliphatic rings. The molecule has 0 fully saturated rings. The molecule has 0 aliphatic carbocycles. The average molecular weight is 495 g/mol. The number of H-pyrrole nitrogens is 1. The predicted octanol–water partition coefficient (Wildman–Crippen LogP) is 5.10. The number of phenolic OH excluding ortho intramolecular Hbond substituents is 1. The number of aromatic nitrogens is 1. The Bertz CT molecular complexity index is 1520. The third-order valence-corrected chi connectivity index (χ3v) is 6.60. The van der Waals surface area contributed by atoms with Crippen LogP contribution in [0.4, 0.5) is 0 Å². The number of ketones is 1. The van der Waals surface area contributed by atoms with Crippen LogP contribution < -0.4 is 4.74 Å². The van der Waals surface area contributed by atoms with E-state index in [1.165, 1.54) is 23.1 Å². The fourth-order valence-corrected chi connectivity index (χ4v) is 4.70. The highest BCUT2D eigenvalue weighted by Crippen LogP contribution is 2.39. The molecule has 186 valence electrons. The number of aromatic amines is 1. The Morgan fingerprint density at radius 1 is 1.05 bits per heavy atom. The number of methoxy groups -OCH3 is 1. The third kappa shape index (κ3) is 4.71. The van der Waals surface area contributed by atoms with Gasteiger partial charge < -0.3 is 24.8 Å². The number of aromatic hydroxyl groups is 1. The number of fused-ring (bicyclic) bond motifs is 1. The zero-order valence-corrected chi connectivity index (χ0v) is 20.2. The number of benzene rings is 3. The van der Waals surface area contributed by atoms with Crippen LogP contribution in [0.15, 0.2) is 96.4 Å². The molecular weight excluding hydrogens is 468 g/mol. The van der Waals surface area contributed by atoms with E-state index in [4.69, 9.17) is 4.74 Å².